The highest BCUT2D eigenvalue weighted by Gasteiger charge is 1.88. The third-order valence-electron chi connectivity index (χ3n) is 1.58. The number of aromatic nitrogens is 1. The van der Waals surface area contributed by atoms with Gasteiger partial charge in [0.1, 0.15) is 0 Å². The van der Waals surface area contributed by atoms with Crippen molar-refractivity contribution < 1.29 is 5.11 Å². The van der Waals surface area contributed by atoms with E-state index in [9.17, 15) is 5.11 Å². The summed E-state index contributed by atoms with van der Waals surface area (Å²) in [4.78, 5) is 4.04. The molecule has 54 valence electrons. The first-order valence-electron chi connectivity index (χ1n) is 3.38. The van der Waals surface area contributed by atoms with Crippen LogP contribution >= 0.6 is 0 Å². The summed E-state index contributed by atoms with van der Waals surface area (Å²) in [6, 6.07) is 8.65. The Labute approximate surface area is 64.1 Å². The Kier molecular flexibility index (Phi) is 1.25. The van der Waals surface area contributed by atoms with Gasteiger partial charge in [0.05, 0.1) is 5.52 Å². The fourth-order valence-electron chi connectivity index (χ4n) is 1.05. The van der Waals surface area contributed by atoms with Crippen LogP contribution in [0.4, 0.5) is 0 Å². The molecule has 0 unspecified atom stereocenters. The van der Waals surface area contributed by atoms with Crippen LogP contribution in [0.2, 0.25) is 0 Å². The lowest BCUT2D eigenvalue weighted by molar-refractivity contribution is -0.268. The second kappa shape index (κ2) is 2.23. The molecule has 2 nitrogen and oxygen atoms in total. The predicted molar refractivity (Wildman–Crippen MR) is 41.2 cm³/mol. The Hall–Kier alpha value is -1.57. The molecule has 1 heterocycles. The van der Waals surface area contributed by atoms with E-state index in [4.69, 9.17) is 0 Å². The van der Waals surface area contributed by atoms with E-state index in [-0.39, 0.29) is 5.75 Å². The Morgan fingerprint density at radius 1 is 1.18 bits per heavy atom. The van der Waals surface area contributed by atoms with E-state index in [0.29, 0.717) is 0 Å². The van der Waals surface area contributed by atoms with Crippen LogP contribution < -0.4 is 5.11 Å². The molecule has 2 aromatic rings. The van der Waals surface area contributed by atoms with Crippen molar-refractivity contribution in [3.8, 4) is 5.75 Å². The third-order valence-corrected chi connectivity index (χ3v) is 1.58. The zero-order valence-corrected chi connectivity index (χ0v) is 5.82. The van der Waals surface area contributed by atoms with E-state index >= 15 is 0 Å². The highest BCUT2D eigenvalue weighted by atomic mass is 16.3. The van der Waals surface area contributed by atoms with E-state index in [1.807, 2.05) is 12.1 Å². The highest BCUT2D eigenvalue weighted by Crippen LogP contribution is 2.14. The van der Waals surface area contributed by atoms with Gasteiger partial charge in [-0.05, 0) is 12.1 Å². The zero-order chi connectivity index (χ0) is 7.68. The van der Waals surface area contributed by atoms with Crippen molar-refractivity contribution in [2.75, 3.05) is 0 Å². The molecule has 11 heavy (non-hydrogen) atoms. The molecule has 2 rings (SSSR count). The maximum absolute atomic E-state index is 10.8. The largest absolute Gasteiger partial charge is 0.872 e. The number of hydrogen-bond donors (Lipinski definition) is 0. The van der Waals surface area contributed by atoms with Gasteiger partial charge in [0.2, 0.25) is 0 Å². The summed E-state index contributed by atoms with van der Waals surface area (Å²) in [7, 11) is 0. The van der Waals surface area contributed by atoms with Crippen molar-refractivity contribution in [3.05, 3.63) is 36.5 Å². The maximum atomic E-state index is 10.8. The fourth-order valence-corrected chi connectivity index (χ4v) is 1.05. The van der Waals surface area contributed by atoms with Gasteiger partial charge in [0, 0.05) is 11.6 Å². The molecule has 0 N–H and O–H groups in total. The van der Waals surface area contributed by atoms with E-state index in [2.05, 4.69) is 4.98 Å². The molecule has 0 radical (unpaired) electrons. The van der Waals surface area contributed by atoms with Crippen molar-refractivity contribution >= 4 is 10.9 Å². The average molecular weight is 144 g/mol. The number of pyridine rings is 1. The third kappa shape index (κ3) is 1.03. The van der Waals surface area contributed by atoms with Crippen molar-refractivity contribution in [1.82, 2.24) is 4.98 Å². The minimum atomic E-state index is 0.0104. The van der Waals surface area contributed by atoms with E-state index in [1.54, 1.807) is 18.3 Å². The van der Waals surface area contributed by atoms with Crippen LogP contribution in [0, 0.1) is 0 Å². The van der Waals surface area contributed by atoms with Crippen molar-refractivity contribution in [1.29, 1.82) is 0 Å². The monoisotopic (exact) mass is 144 g/mol. The molecule has 0 amide bonds. The smallest absolute Gasteiger partial charge is 0.0695 e. The van der Waals surface area contributed by atoms with Gasteiger partial charge >= 0.3 is 0 Å². The average Bonchev–Trinajstić information content (AvgIpc) is 2.04. The zero-order valence-electron chi connectivity index (χ0n) is 5.82. The van der Waals surface area contributed by atoms with Crippen LogP contribution in [-0.2, 0) is 0 Å². The van der Waals surface area contributed by atoms with E-state index in [0.717, 1.165) is 10.9 Å². The number of rotatable bonds is 0. The predicted octanol–water partition coefficient (Wildman–Crippen LogP) is 1.31. The number of benzene rings is 1. The lowest BCUT2D eigenvalue weighted by atomic mass is 10.2. The molecular formula is C9H6NO-. The molecule has 2 heteroatoms. The minimum Gasteiger partial charge on any atom is -0.872 e. The standard InChI is InChI=1S/C9H7NO/c11-8-4-3-7-2-1-5-10-9(7)6-8/h1-6,11H/p-1. The fraction of sp³-hybridized carbons (Fsp3) is 0. The molecule has 1 aromatic heterocycles. The SMILES string of the molecule is [O-]c1ccc2cccnc2c1. The molecule has 0 aliphatic heterocycles. The summed E-state index contributed by atoms with van der Waals surface area (Å²) in [5, 5.41) is 11.9. The molecule has 1 aromatic carbocycles. The van der Waals surface area contributed by atoms with Crippen LogP contribution in [0.1, 0.15) is 0 Å². The summed E-state index contributed by atoms with van der Waals surface area (Å²) in [6.45, 7) is 0. The molecule has 0 bridgehead atoms. The van der Waals surface area contributed by atoms with Gasteiger partial charge in [0.25, 0.3) is 0 Å². The quantitative estimate of drug-likeness (QED) is 0.558. The van der Waals surface area contributed by atoms with Crippen molar-refractivity contribution in [2.24, 2.45) is 0 Å². The van der Waals surface area contributed by atoms with Crippen LogP contribution in [-0.4, -0.2) is 4.98 Å². The first kappa shape index (κ1) is 6.16. The van der Waals surface area contributed by atoms with Gasteiger partial charge < -0.3 is 5.11 Å². The molecule has 0 spiro atoms. The number of fused-ring (bicyclic) bond motifs is 1. The molecule has 0 saturated carbocycles. The first-order chi connectivity index (χ1) is 5.36. The molecule has 0 aliphatic carbocycles. The number of nitrogens with zero attached hydrogens (tertiary/aromatic N) is 1. The van der Waals surface area contributed by atoms with Gasteiger partial charge in [-0.15, -0.1) is 5.75 Å². The Balaban J connectivity index is 2.83. The molecule has 0 atom stereocenters. The summed E-state index contributed by atoms with van der Waals surface area (Å²) >= 11 is 0. The lowest BCUT2D eigenvalue weighted by Crippen LogP contribution is -1.88. The van der Waals surface area contributed by atoms with Crippen LogP contribution in [0.5, 0.6) is 5.75 Å². The Morgan fingerprint density at radius 2 is 2.09 bits per heavy atom. The van der Waals surface area contributed by atoms with Crippen molar-refractivity contribution in [2.45, 2.75) is 0 Å². The van der Waals surface area contributed by atoms with Gasteiger partial charge in [-0.1, -0.05) is 18.2 Å². The highest BCUT2D eigenvalue weighted by molar-refractivity contribution is 5.79. The first-order valence-corrected chi connectivity index (χ1v) is 3.38. The van der Waals surface area contributed by atoms with Crippen LogP contribution in [0.15, 0.2) is 36.5 Å². The maximum Gasteiger partial charge on any atom is 0.0695 e. The van der Waals surface area contributed by atoms with Crippen LogP contribution in [0.25, 0.3) is 10.9 Å². The number of hydrogen-bond acceptors (Lipinski definition) is 2. The molecule has 0 fully saturated rings. The van der Waals surface area contributed by atoms with E-state index < -0.39 is 0 Å². The summed E-state index contributed by atoms with van der Waals surface area (Å²) in [5.74, 6) is 0.0104. The second-order valence-electron chi connectivity index (χ2n) is 2.36. The van der Waals surface area contributed by atoms with Gasteiger partial charge in [-0.2, -0.15) is 0 Å². The van der Waals surface area contributed by atoms with Crippen LogP contribution in [0.3, 0.4) is 0 Å². The summed E-state index contributed by atoms with van der Waals surface area (Å²) < 4.78 is 0. The van der Waals surface area contributed by atoms with Gasteiger partial charge in [0.15, 0.2) is 0 Å². The van der Waals surface area contributed by atoms with Crippen molar-refractivity contribution in [3.63, 3.8) is 0 Å². The van der Waals surface area contributed by atoms with E-state index in [1.165, 1.54) is 6.07 Å². The molecule has 0 saturated heterocycles. The Bertz CT molecular complexity index is 384. The summed E-state index contributed by atoms with van der Waals surface area (Å²) in [5.41, 5.74) is 0.764. The minimum absolute atomic E-state index is 0.0104. The van der Waals surface area contributed by atoms with Gasteiger partial charge in [-0.25, -0.2) is 0 Å². The topological polar surface area (TPSA) is 36.0 Å². The molecular weight excluding hydrogens is 138 g/mol. The van der Waals surface area contributed by atoms with Gasteiger partial charge in [-0.3, -0.25) is 4.98 Å². The molecule has 0 aliphatic rings. The normalized spacial score (nSPS) is 10.2. The Morgan fingerprint density at radius 3 is 3.00 bits per heavy atom. The second-order valence-corrected chi connectivity index (χ2v) is 2.36. The summed E-state index contributed by atoms with van der Waals surface area (Å²) in [6.07, 6.45) is 1.68. The lowest BCUT2D eigenvalue weighted by Gasteiger charge is -2.04.